The van der Waals surface area contributed by atoms with Crippen molar-refractivity contribution in [2.45, 2.75) is 13.8 Å². The fraction of sp³-hybridized carbons (Fsp3) is 0.105. The number of fused-ring (bicyclic) bond motifs is 3. The van der Waals surface area contributed by atoms with E-state index < -0.39 is 0 Å². The summed E-state index contributed by atoms with van der Waals surface area (Å²) in [7, 11) is 0. The average Bonchev–Trinajstić information content (AvgIpc) is 2.95. The summed E-state index contributed by atoms with van der Waals surface area (Å²) in [6.07, 6.45) is 0. The number of nitrogens with zero attached hydrogens (tertiary/aromatic N) is 3. The predicted molar refractivity (Wildman–Crippen MR) is 93.0 cm³/mol. The molecule has 5 heteroatoms. The first-order valence-corrected chi connectivity index (χ1v) is 7.66. The van der Waals surface area contributed by atoms with Crippen LogP contribution in [0.1, 0.15) is 16.8 Å². The summed E-state index contributed by atoms with van der Waals surface area (Å²) < 4.78 is 1.78. The second-order valence-electron chi connectivity index (χ2n) is 5.84. The largest absolute Gasteiger partial charge is 0.339 e. The van der Waals surface area contributed by atoms with E-state index in [0.717, 1.165) is 33.4 Å². The van der Waals surface area contributed by atoms with Crippen LogP contribution in [0.25, 0.3) is 27.8 Å². The first kappa shape index (κ1) is 14.2. The lowest BCUT2D eigenvalue weighted by atomic mass is 10.1. The summed E-state index contributed by atoms with van der Waals surface area (Å²) in [5.74, 6) is 0. The highest BCUT2D eigenvalue weighted by Crippen LogP contribution is 2.26. The number of nitriles is 1. The molecule has 0 spiro atoms. The summed E-state index contributed by atoms with van der Waals surface area (Å²) in [6, 6.07) is 15.9. The van der Waals surface area contributed by atoms with Gasteiger partial charge in [0.15, 0.2) is 11.2 Å². The van der Waals surface area contributed by atoms with Crippen LogP contribution in [0, 0.1) is 30.6 Å². The van der Waals surface area contributed by atoms with Gasteiger partial charge >= 0.3 is 0 Å². The molecule has 0 saturated carbocycles. The number of aromatic nitrogens is 3. The maximum absolute atomic E-state index is 9.43. The molecule has 4 rings (SSSR count). The van der Waals surface area contributed by atoms with E-state index in [2.05, 4.69) is 16.0 Å². The van der Waals surface area contributed by atoms with Gasteiger partial charge in [0.1, 0.15) is 17.2 Å². The monoisotopic (exact) mass is 313 g/mol. The van der Waals surface area contributed by atoms with Gasteiger partial charge in [0.05, 0.1) is 5.69 Å². The normalized spacial score (nSPS) is 11.0. The quantitative estimate of drug-likeness (QED) is 0.564. The summed E-state index contributed by atoms with van der Waals surface area (Å²) in [6.45, 7) is 4.07. The summed E-state index contributed by atoms with van der Waals surface area (Å²) >= 11 is 0. The minimum Gasteiger partial charge on any atom is -0.339 e. The summed E-state index contributed by atoms with van der Waals surface area (Å²) in [5.41, 5.74) is 5.68. The van der Waals surface area contributed by atoms with Crippen LogP contribution in [0.2, 0.25) is 0 Å². The summed E-state index contributed by atoms with van der Waals surface area (Å²) in [5, 5.41) is 18.8. The van der Waals surface area contributed by atoms with E-state index >= 15 is 0 Å². The van der Waals surface area contributed by atoms with Gasteiger partial charge in [0.25, 0.3) is 0 Å². The lowest BCUT2D eigenvalue weighted by molar-refractivity contribution is 0.912. The van der Waals surface area contributed by atoms with Crippen LogP contribution < -0.4 is 5.49 Å². The van der Waals surface area contributed by atoms with Crippen LogP contribution in [0.15, 0.2) is 42.5 Å². The van der Waals surface area contributed by atoms with E-state index in [1.807, 2.05) is 56.3 Å². The van der Waals surface area contributed by atoms with E-state index in [4.69, 9.17) is 5.41 Å². The van der Waals surface area contributed by atoms with Crippen molar-refractivity contribution in [3.8, 4) is 11.8 Å². The van der Waals surface area contributed by atoms with Crippen LogP contribution in [-0.2, 0) is 0 Å². The lowest BCUT2D eigenvalue weighted by Gasteiger charge is -2.13. The highest BCUT2D eigenvalue weighted by molar-refractivity contribution is 6.04. The van der Waals surface area contributed by atoms with Crippen LogP contribution >= 0.6 is 0 Å². The van der Waals surface area contributed by atoms with Gasteiger partial charge < -0.3 is 4.98 Å². The SMILES string of the molecule is Cc1cccc(-n2c(=N)c(C#N)nc3c4ccccc4[nH]c32)c1C. The molecule has 2 heterocycles. The van der Waals surface area contributed by atoms with Crippen molar-refractivity contribution in [1.82, 2.24) is 14.5 Å². The van der Waals surface area contributed by atoms with Gasteiger partial charge in [-0.2, -0.15) is 5.26 Å². The van der Waals surface area contributed by atoms with E-state index in [0.29, 0.717) is 5.52 Å². The third-order valence-electron chi connectivity index (χ3n) is 4.48. The van der Waals surface area contributed by atoms with Gasteiger partial charge in [0.2, 0.25) is 0 Å². The second kappa shape index (κ2) is 5.07. The van der Waals surface area contributed by atoms with Gasteiger partial charge in [0, 0.05) is 10.9 Å². The van der Waals surface area contributed by atoms with Crippen LogP contribution in [-0.4, -0.2) is 14.5 Å². The number of benzene rings is 2. The van der Waals surface area contributed by atoms with Crippen molar-refractivity contribution in [3.63, 3.8) is 0 Å². The number of para-hydroxylation sites is 1. The molecule has 5 nitrogen and oxygen atoms in total. The van der Waals surface area contributed by atoms with Crippen molar-refractivity contribution < 1.29 is 0 Å². The summed E-state index contributed by atoms with van der Waals surface area (Å²) in [4.78, 5) is 7.77. The van der Waals surface area contributed by atoms with Gasteiger partial charge in [-0.05, 0) is 37.1 Å². The Hall–Kier alpha value is -3.39. The fourth-order valence-electron chi connectivity index (χ4n) is 3.07. The predicted octanol–water partition coefficient (Wildman–Crippen LogP) is 3.47. The second-order valence-corrected chi connectivity index (χ2v) is 5.84. The van der Waals surface area contributed by atoms with E-state index in [-0.39, 0.29) is 11.2 Å². The molecule has 2 N–H and O–H groups in total. The van der Waals surface area contributed by atoms with Crippen molar-refractivity contribution >= 4 is 22.1 Å². The van der Waals surface area contributed by atoms with Crippen molar-refractivity contribution in [3.05, 3.63) is 64.8 Å². The number of hydrogen-bond donors (Lipinski definition) is 2. The minimum absolute atomic E-state index is 0.0882. The molecule has 0 atom stereocenters. The van der Waals surface area contributed by atoms with Gasteiger partial charge in [-0.1, -0.05) is 30.3 Å². The molecule has 0 amide bonds. The highest BCUT2D eigenvalue weighted by Gasteiger charge is 2.16. The van der Waals surface area contributed by atoms with Crippen LogP contribution in [0.4, 0.5) is 0 Å². The van der Waals surface area contributed by atoms with E-state index in [9.17, 15) is 5.26 Å². The van der Waals surface area contributed by atoms with Gasteiger partial charge in [-0.15, -0.1) is 0 Å². The topological polar surface area (TPSA) is 81.2 Å². The number of hydrogen-bond acceptors (Lipinski definition) is 3. The minimum atomic E-state index is 0.0882. The molecule has 116 valence electrons. The molecule has 0 unspecified atom stereocenters. The molecule has 0 aliphatic rings. The number of H-pyrrole nitrogens is 1. The fourth-order valence-corrected chi connectivity index (χ4v) is 3.07. The van der Waals surface area contributed by atoms with E-state index in [1.165, 1.54) is 0 Å². The number of rotatable bonds is 1. The third kappa shape index (κ3) is 1.87. The molecule has 0 radical (unpaired) electrons. The molecule has 2 aromatic heterocycles. The molecule has 0 aliphatic carbocycles. The Morgan fingerprint density at radius 2 is 1.92 bits per heavy atom. The van der Waals surface area contributed by atoms with Crippen LogP contribution in [0.5, 0.6) is 0 Å². The molecule has 4 aromatic rings. The van der Waals surface area contributed by atoms with Crippen LogP contribution in [0.3, 0.4) is 0 Å². The standard InChI is InChI=1S/C19H15N5/c1-11-6-5-9-16(12(11)2)24-18(21)15(10-20)22-17-13-7-3-4-8-14(13)23-19(17)24/h3-9,21,23H,1-2H3. The molecular formula is C19H15N5. The Bertz CT molecular complexity index is 1200. The first-order chi connectivity index (χ1) is 11.6. The average molecular weight is 313 g/mol. The number of aromatic amines is 1. The molecule has 0 saturated heterocycles. The van der Waals surface area contributed by atoms with Gasteiger partial charge in [-0.3, -0.25) is 9.98 Å². The highest BCUT2D eigenvalue weighted by atomic mass is 15.1. The maximum Gasteiger partial charge on any atom is 0.184 e. The van der Waals surface area contributed by atoms with E-state index in [1.54, 1.807) is 4.57 Å². The smallest absolute Gasteiger partial charge is 0.184 e. The Labute approximate surface area is 138 Å². The van der Waals surface area contributed by atoms with Crippen molar-refractivity contribution in [1.29, 1.82) is 10.7 Å². The zero-order valence-corrected chi connectivity index (χ0v) is 13.4. The van der Waals surface area contributed by atoms with Gasteiger partial charge in [-0.25, -0.2) is 4.98 Å². The Morgan fingerprint density at radius 1 is 1.12 bits per heavy atom. The first-order valence-electron chi connectivity index (χ1n) is 7.66. The number of nitrogens with one attached hydrogen (secondary N) is 2. The Kier molecular flexibility index (Phi) is 3.00. The van der Waals surface area contributed by atoms with Crippen molar-refractivity contribution in [2.75, 3.05) is 0 Å². The Morgan fingerprint density at radius 3 is 2.71 bits per heavy atom. The number of aryl methyl sites for hydroxylation is 1. The zero-order chi connectivity index (χ0) is 16.8. The molecule has 0 bridgehead atoms. The molecule has 0 aliphatic heterocycles. The zero-order valence-electron chi connectivity index (χ0n) is 13.4. The van der Waals surface area contributed by atoms with Crippen molar-refractivity contribution in [2.24, 2.45) is 0 Å². The molecular weight excluding hydrogens is 298 g/mol. The molecule has 2 aromatic carbocycles. The lowest BCUT2D eigenvalue weighted by Crippen LogP contribution is -2.24. The molecule has 24 heavy (non-hydrogen) atoms. The Balaban J connectivity index is 2.26. The molecule has 0 fully saturated rings. The maximum atomic E-state index is 9.43. The third-order valence-corrected chi connectivity index (χ3v) is 4.48.